The normalized spacial score (nSPS) is 14.9. The lowest BCUT2D eigenvalue weighted by Crippen LogP contribution is -2.35. The van der Waals surface area contributed by atoms with E-state index in [0.717, 1.165) is 42.8 Å². The van der Waals surface area contributed by atoms with E-state index in [-0.39, 0.29) is 16.7 Å². The van der Waals surface area contributed by atoms with Crippen LogP contribution in [0, 0.1) is 30.9 Å². The van der Waals surface area contributed by atoms with Crippen molar-refractivity contribution in [2.24, 2.45) is 0 Å². The number of rotatable bonds is 5. The van der Waals surface area contributed by atoms with E-state index < -0.39 is 0 Å². The monoisotopic (exact) mass is 355 g/mol. The van der Waals surface area contributed by atoms with Crippen LogP contribution < -0.4 is 15.4 Å². The molecule has 26 heavy (non-hydrogen) atoms. The van der Waals surface area contributed by atoms with Gasteiger partial charge < -0.3 is 15.4 Å². The van der Waals surface area contributed by atoms with Crippen LogP contribution in [0.1, 0.15) is 29.5 Å². The quantitative estimate of drug-likeness (QED) is 0.611. The fraction of sp³-hybridized carbons (Fsp3) is 0.400. The Morgan fingerprint density at radius 1 is 1.12 bits per heavy atom. The van der Waals surface area contributed by atoms with Crippen LogP contribution in [-0.4, -0.2) is 24.1 Å². The Bertz CT molecular complexity index is 791. The summed E-state index contributed by atoms with van der Waals surface area (Å²) in [6.45, 7) is 7.91. The third kappa shape index (κ3) is 4.14. The van der Waals surface area contributed by atoms with Crippen molar-refractivity contribution in [3.05, 3.63) is 57.1 Å². The molecule has 138 valence electrons. The van der Waals surface area contributed by atoms with Gasteiger partial charge in [0.2, 0.25) is 0 Å². The number of nitro benzene ring substituents is 1. The Hall–Kier alpha value is -2.60. The van der Waals surface area contributed by atoms with Gasteiger partial charge in [0.25, 0.3) is 5.69 Å². The van der Waals surface area contributed by atoms with Crippen molar-refractivity contribution in [3.63, 3.8) is 0 Å². The average molecular weight is 355 g/mol. The second-order valence-corrected chi connectivity index (χ2v) is 6.93. The molecule has 1 heterocycles. The van der Waals surface area contributed by atoms with Gasteiger partial charge in [-0.05, 0) is 63.9 Å². The van der Waals surface area contributed by atoms with E-state index in [1.54, 1.807) is 12.1 Å². The highest BCUT2D eigenvalue weighted by Crippen LogP contribution is 2.35. The van der Waals surface area contributed by atoms with Crippen LogP contribution in [-0.2, 0) is 0 Å². The van der Waals surface area contributed by atoms with Gasteiger partial charge in [0, 0.05) is 18.2 Å². The zero-order valence-electron chi connectivity index (χ0n) is 15.5. The first kappa shape index (κ1) is 18.2. The number of nitrogens with zero attached hydrogens (tertiary/aromatic N) is 1. The summed E-state index contributed by atoms with van der Waals surface area (Å²) in [5.74, 6) is 1.40. The third-order valence-corrected chi connectivity index (χ3v) is 4.69. The minimum absolute atomic E-state index is 0.0771. The average Bonchev–Trinajstić information content (AvgIpc) is 2.59. The molecule has 0 aliphatic carbocycles. The van der Waals surface area contributed by atoms with E-state index in [9.17, 15) is 10.1 Å². The Morgan fingerprint density at radius 2 is 1.77 bits per heavy atom. The van der Waals surface area contributed by atoms with Gasteiger partial charge in [-0.1, -0.05) is 17.7 Å². The van der Waals surface area contributed by atoms with Crippen LogP contribution in [0.2, 0.25) is 0 Å². The van der Waals surface area contributed by atoms with Crippen molar-refractivity contribution >= 4 is 11.4 Å². The molecule has 0 bridgehead atoms. The summed E-state index contributed by atoms with van der Waals surface area (Å²) in [5, 5.41) is 18.0. The van der Waals surface area contributed by atoms with E-state index in [2.05, 4.69) is 29.7 Å². The summed E-state index contributed by atoms with van der Waals surface area (Å²) in [5.41, 5.74) is 3.88. The van der Waals surface area contributed by atoms with Crippen molar-refractivity contribution in [1.29, 1.82) is 0 Å². The Balaban J connectivity index is 1.89. The lowest BCUT2D eigenvalue weighted by atomic mass is 10.1. The van der Waals surface area contributed by atoms with E-state index in [4.69, 9.17) is 4.74 Å². The highest BCUT2D eigenvalue weighted by molar-refractivity contribution is 5.65. The van der Waals surface area contributed by atoms with Crippen LogP contribution in [0.5, 0.6) is 11.5 Å². The number of hydrogen-bond donors (Lipinski definition) is 2. The van der Waals surface area contributed by atoms with E-state index in [1.807, 2.05) is 13.8 Å². The first-order chi connectivity index (χ1) is 12.4. The predicted molar refractivity (Wildman–Crippen MR) is 103 cm³/mol. The summed E-state index contributed by atoms with van der Waals surface area (Å²) in [7, 11) is 0. The number of piperidine rings is 1. The summed E-state index contributed by atoms with van der Waals surface area (Å²) in [4.78, 5) is 11.0. The third-order valence-electron chi connectivity index (χ3n) is 4.69. The molecule has 1 aliphatic heterocycles. The molecule has 2 aromatic rings. The summed E-state index contributed by atoms with van der Waals surface area (Å²) < 4.78 is 6.08. The number of ether oxygens (including phenoxy) is 1. The molecule has 0 radical (unpaired) electrons. The van der Waals surface area contributed by atoms with Gasteiger partial charge in [0.1, 0.15) is 17.2 Å². The number of anilines is 1. The van der Waals surface area contributed by atoms with Gasteiger partial charge in [0.15, 0.2) is 0 Å². The summed E-state index contributed by atoms with van der Waals surface area (Å²) >= 11 is 0. The van der Waals surface area contributed by atoms with Gasteiger partial charge in [0.05, 0.1) is 4.92 Å². The smallest absolute Gasteiger partial charge is 0.292 e. The Morgan fingerprint density at radius 3 is 2.38 bits per heavy atom. The second-order valence-electron chi connectivity index (χ2n) is 6.93. The number of benzene rings is 2. The van der Waals surface area contributed by atoms with Crippen LogP contribution in [0.15, 0.2) is 30.3 Å². The molecule has 6 heteroatoms. The predicted octanol–water partition coefficient (Wildman–Crippen LogP) is 4.48. The van der Waals surface area contributed by atoms with E-state index in [1.165, 1.54) is 11.6 Å². The number of nitro groups is 1. The van der Waals surface area contributed by atoms with Crippen LogP contribution >= 0.6 is 0 Å². The number of nitrogens with one attached hydrogen (secondary N) is 2. The molecule has 0 amide bonds. The fourth-order valence-corrected chi connectivity index (χ4v) is 3.49. The van der Waals surface area contributed by atoms with Crippen molar-refractivity contribution in [2.75, 3.05) is 18.4 Å². The molecular formula is C20H25N3O3. The topological polar surface area (TPSA) is 76.4 Å². The molecule has 2 aromatic carbocycles. The summed E-state index contributed by atoms with van der Waals surface area (Å²) in [6.07, 6.45) is 1.89. The Kier molecular flexibility index (Phi) is 5.42. The summed E-state index contributed by atoms with van der Waals surface area (Å²) in [6, 6.07) is 9.28. The van der Waals surface area contributed by atoms with Crippen LogP contribution in [0.25, 0.3) is 0 Å². The maximum Gasteiger partial charge on any atom is 0.292 e. The molecule has 3 rings (SSSR count). The zero-order valence-corrected chi connectivity index (χ0v) is 15.5. The molecular weight excluding hydrogens is 330 g/mol. The molecule has 0 atom stereocenters. The second kappa shape index (κ2) is 7.74. The fourth-order valence-electron chi connectivity index (χ4n) is 3.49. The van der Waals surface area contributed by atoms with Crippen LogP contribution in [0.3, 0.4) is 0 Å². The molecule has 1 saturated heterocycles. The molecule has 1 fully saturated rings. The maximum atomic E-state index is 11.4. The maximum absolute atomic E-state index is 11.4. The van der Waals surface area contributed by atoms with Gasteiger partial charge in [-0.25, -0.2) is 0 Å². The highest BCUT2D eigenvalue weighted by atomic mass is 16.6. The minimum Gasteiger partial charge on any atom is -0.457 e. The van der Waals surface area contributed by atoms with Gasteiger partial charge >= 0.3 is 0 Å². The standard InChI is InChI=1S/C20H25N3O3/c1-13-10-14(2)20(15(3)11-13)26-17-4-5-19(23(24)25)18(12-17)22-16-6-8-21-9-7-16/h4-5,10-12,16,21-22H,6-9H2,1-3H3. The number of aryl methyl sites for hydroxylation is 3. The SMILES string of the molecule is Cc1cc(C)c(Oc2ccc([N+](=O)[O-])c(NC3CCNCC3)c2)c(C)c1. The van der Waals surface area contributed by atoms with Crippen molar-refractivity contribution in [3.8, 4) is 11.5 Å². The van der Waals surface area contributed by atoms with E-state index in [0.29, 0.717) is 11.4 Å². The highest BCUT2D eigenvalue weighted by Gasteiger charge is 2.20. The molecule has 0 spiro atoms. The first-order valence-corrected chi connectivity index (χ1v) is 8.95. The minimum atomic E-state index is -0.352. The lowest BCUT2D eigenvalue weighted by Gasteiger charge is -2.24. The largest absolute Gasteiger partial charge is 0.457 e. The lowest BCUT2D eigenvalue weighted by molar-refractivity contribution is -0.384. The van der Waals surface area contributed by atoms with Crippen molar-refractivity contribution in [1.82, 2.24) is 5.32 Å². The molecule has 1 aliphatic rings. The molecule has 2 N–H and O–H groups in total. The van der Waals surface area contributed by atoms with Gasteiger partial charge in [-0.2, -0.15) is 0 Å². The van der Waals surface area contributed by atoms with Crippen LogP contribution in [0.4, 0.5) is 11.4 Å². The van der Waals surface area contributed by atoms with Gasteiger partial charge in [-0.3, -0.25) is 10.1 Å². The van der Waals surface area contributed by atoms with Crippen molar-refractivity contribution < 1.29 is 9.66 Å². The van der Waals surface area contributed by atoms with Gasteiger partial charge in [-0.15, -0.1) is 0 Å². The molecule has 0 saturated carbocycles. The Labute approximate surface area is 153 Å². The first-order valence-electron chi connectivity index (χ1n) is 8.95. The van der Waals surface area contributed by atoms with Crippen molar-refractivity contribution in [2.45, 2.75) is 39.7 Å². The molecule has 0 aromatic heterocycles. The number of hydrogen-bond acceptors (Lipinski definition) is 5. The molecule has 6 nitrogen and oxygen atoms in total. The van der Waals surface area contributed by atoms with E-state index >= 15 is 0 Å². The molecule has 0 unspecified atom stereocenters. The zero-order chi connectivity index (χ0) is 18.7.